The third-order valence-corrected chi connectivity index (χ3v) is 4.10. The predicted octanol–water partition coefficient (Wildman–Crippen LogP) is 2.78. The van der Waals surface area contributed by atoms with Gasteiger partial charge in [0.05, 0.1) is 12.8 Å². The van der Waals surface area contributed by atoms with Crippen LogP contribution in [0.4, 0.5) is 5.69 Å². The molecule has 1 aromatic heterocycles. The largest absolute Gasteiger partial charge is 0.495 e. The molecular weight excluding hydrogens is 262 g/mol. The molecule has 0 amide bonds. The quantitative estimate of drug-likeness (QED) is 0.887. The topological polar surface area (TPSA) is 40.3 Å². The number of hydrogen-bond donors (Lipinski definition) is 2. The van der Waals surface area contributed by atoms with Crippen LogP contribution < -0.4 is 15.0 Å². The van der Waals surface area contributed by atoms with Crippen LogP contribution in [-0.4, -0.2) is 31.2 Å². The second kappa shape index (κ2) is 6.68. The summed E-state index contributed by atoms with van der Waals surface area (Å²) in [5.74, 6) is 0.962. The van der Waals surface area contributed by atoms with Gasteiger partial charge in [-0.25, -0.2) is 0 Å². The summed E-state index contributed by atoms with van der Waals surface area (Å²) in [6.07, 6.45) is 6.46. The van der Waals surface area contributed by atoms with Crippen molar-refractivity contribution in [1.29, 1.82) is 0 Å². The lowest BCUT2D eigenvalue weighted by Crippen LogP contribution is -2.45. The number of anilines is 1. The van der Waals surface area contributed by atoms with Gasteiger partial charge in [-0.15, -0.1) is 0 Å². The van der Waals surface area contributed by atoms with Gasteiger partial charge in [0.25, 0.3) is 0 Å². The molecule has 1 fully saturated rings. The van der Waals surface area contributed by atoms with Crippen molar-refractivity contribution in [3.05, 3.63) is 48.3 Å². The molecule has 112 valence electrons. The first-order valence-corrected chi connectivity index (χ1v) is 7.60. The molecule has 1 atom stereocenters. The summed E-state index contributed by atoms with van der Waals surface area (Å²) in [6.45, 7) is 3.06. The number of aromatic amines is 1. The van der Waals surface area contributed by atoms with E-state index in [-0.39, 0.29) is 0 Å². The summed E-state index contributed by atoms with van der Waals surface area (Å²) in [5, 5.41) is 3.66. The van der Waals surface area contributed by atoms with Gasteiger partial charge in [-0.1, -0.05) is 12.1 Å². The Bertz CT molecular complexity index is 553. The molecule has 1 unspecified atom stereocenters. The van der Waals surface area contributed by atoms with E-state index in [9.17, 15) is 0 Å². The van der Waals surface area contributed by atoms with Crippen LogP contribution in [-0.2, 0) is 6.54 Å². The summed E-state index contributed by atoms with van der Waals surface area (Å²) in [5.41, 5.74) is 2.51. The molecule has 0 spiro atoms. The number of nitrogens with one attached hydrogen (secondary N) is 2. The number of H-pyrrole nitrogens is 1. The molecule has 1 aromatic carbocycles. The lowest BCUT2D eigenvalue weighted by Gasteiger charge is -2.35. The van der Waals surface area contributed by atoms with Gasteiger partial charge in [-0.2, -0.15) is 0 Å². The Kier molecular flexibility index (Phi) is 4.46. The summed E-state index contributed by atoms with van der Waals surface area (Å²) in [4.78, 5) is 5.53. The monoisotopic (exact) mass is 285 g/mol. The van der Waals surface area contributed by atoms with Crippen LogP contribution in [0.1, 0.15) is 18.4 Å². The first kappa shape index (κ1) is 14.0. The Morgan fingerprint density at radius 3 is 3.05 bits per heavy atom. The van der Waals surface area contributed by atoms with E-state index in [0.717, 1.165) is 25.4 Å². The molecule has 2 heterocycles. The molecule has 4 heteroatoms. The Hall–Kier alpha value is -1.94. The van der Waals surface area contributed by atoms with Crippen molar-refractivity contribution in [1.82, 2.24) is 10.3 Å². The van der Waals surface area contributed by atoms with E-state index in [1.54, 1.807) is 7.11 Å². The van der Waals surface area contributed by atoms with Gasteiger partial charge in [-0.3, -0.25) is 0 Å². The zero-order chi connectivity index (χ0) is 14.5. The number of nitrogens with zero attached hydrogens (tertiary/aromatic N) is 1. The number of hydrogen-bond acceptors (Lipinski definition) is 3. The van der Waals surface area contributed by atoms with Crippen LogP contribution in [0.2, 0.25) is 0 Å². The highest BCUT2D eigenvalue weighted by Gasteiger charge is 2.21. The summed E-state index contributed by atoms with van der Waals surface area (Å²) in [7, 11) is 1.74. The summed E-state index contributed by atoms with van der Waals surface area (Å²) < 4.78 is 5.49. The van der Waals surface area contributed by atoms with Crippen molar-refractivity contribution in [2.24, 2.45) is 0 Å². The van der Waals surface area contributed by atoms with E-state index in [1.807, 2.05) is 24.5 Å². The van der Waals surface area contributed by atoms with Crippen LogP contribution in [0.5, 0.6) is 5.75 Å². The molecule has 2 N–H and O–H groups in total. The molecule has 0 radical (unpaired) electrons. The van der Waals surface area contributed by atoms with E-state index in [1.165, 1.54) is 24.1 Å². The normalized spacial score (nSPS) is 18.7. The van der Waals surface area contributed by atoms with Gasteiger partial charge in [0, 0.05) is 38.1 Å². The van der Waals surface area contributed by atoms with E-state index >= 15 is 0 Å². The fourth-order valence-electron chi connectivity index (χ4n) is 2.98. The molecule has 1 aliphatic rings. The lowest BCUT2D eigenvalue weighted by atomic mass is 10.0. The number of benzene rings is 1. The Morgan fingerprint density at radius 1 is 1.33 bits per heavy atom. The summed E-state index contributed by atoms with van der Waals surface area (Å²) in [6, 6.07) is 10.9. The average molecular weight is 285 g/mol. The molecule has 21 heavy (non-hydrogen) atoms. The van der Waals surface area contributed by atoms with Gasteiger partial charge in [0.1, 0.15) is 5.75 Å². The number of aromatic nitrogens is 1. The van der Waals surface area contributed by atoms with Crippen LogP contribution in [0.3, 0.4) is 0 Å². The molecule has 0 aliphatic carbocycles. The predicted molar refractivity (Wildman–Crippen MR) is 85.9 cm³/mol. The zero-order valence-electron chi connectivity index (χ0n) is 12.5. The van der Waals surface area contributed by atoms with E-state index in [2.05, 4.69) is 33.4 Å². The fourth-order valence-corrected chi connectivity index (χ4v) is 2.98. The lowest BCUT2D eigenvalue weighted by molar-refractivity contribution is 0.399. The minimum atomic E-state index is 0.526. The van der Waals surface area contributed by atoms with Crippen molar-refractivity contribution in [3.8, 4) is 5.75 Å². The highest BCUT2D eigenvalue weighted by atomic mass is 16.5. The fraction of sp³-hybridized carbons (Fsp3) is 0.412. The van der Waals surface area contributed by atoms with Crippen molar-refractivity contribution >= 4 is 5.69 Å². The van der Waals surface area contributed by atoms with Gasteiger partial charge < -0.3 is 19.9 Å². The minimum Gasteiger partial charge on any atom is -0.495 e. The maximum absolute atomic E-state index is 5.49. The van der Waals surface area contributed by atoms with Crippen LogP contribution in [0, 0.1) is 0 Å². The number of methoxy groups -OCH3 is 1. The molecule has 1 aliphatic heterocycles. The zero-order valence-corrected chi connectivity index (χ0v) is 12.5. The maximum atomic E-state index is 5.49. The maximum Gasteiger partial charge on any atom is 0.142 e. The van der Waals surface area contributed by atoms with Crippen LogP contribution in [0.25, 0.3) is 0 Å². The second-order valence-electron chi connectivity index (χ2n) is 5.56. The highest BCUT2D eigenvalue weighted by Crippen LogP contribution is 2.29. The third-order valence-electron chi connectivity index (χ3n) is 4.10. The Labute approximate surface area is 126 Å². The second-order valence-corrected chi connectivity index (χ2v) is 5.56. The van der Waals surface area contributed by atoms with Gasteiger partial charge in [-0.05, 0) is 36.6 Å². The highest BCUT2D eigenvalue weighted by molar-refractivity contribution is 5.58. The van der Waals surface area contributed by atoms with E-state index in [4.69, 9.17) is 4.74 Å². The van der Waals surface area contributed by atoms with Crippen molar-refractivity contribution in [2.45, 2.75) is 25.4 Å². The molecule has 4 nitrogen and oxygen atoms in total. The molecule has 1 saturated heterocycles. The average Bonchev–Trinajstić information content (AvgIpc) is 3.06. The van der Waals surface area contributed by atoms with Crippen molar-refractivity contribution in [3.63, 3.8) is 0 Å². The number of ether oxygens (including phenoxy) is 1. The van der Waals surface area contributed by atoms with Crippen molar-refractivity contribution < 1.29 is 4.74 Å². The third kappa shape index (κ3) is 3.39. The smallest absolute Gasteiger partial charge is 0.142 e. The van der Waals surface area contributed by atoms with Gasteiger partial charge in [0.2, 0.25) is 0 Å². The van der Waals surface area contributed by atoms with Gasteiger partial charge in [0.15, 0.2) is 0 Å². The SMILES string of the molecule is COc1ccccc1N1CCCC(NCc2cc[nH]c2)C1. The van der Waals surface area contributed by atoms with E-state index in [0.29, 0.717) is 6.04 Å². The standard InChI is InChI=1S/C17H23N3O/c1-21-17-7-3-2-6-16(17)20-10-4-5-15(13-20)19-12-14-8-9-18-11-14/h2-3,6-9,11,15,18-19H,4-5,10,12-13H2,1H3. The van der Waals surface area contributed by atoms with Crippen LogP contribution in [0.15, 0.2) is 42.7 Å². The summed E-state index contributed by atoms with van der Waals surface area (Å²) >= 11 is 0. The molecule has 3 rings (SSSR count). The molecule has 0 bridgehead atoms. The molecular formula is C17H23N3O. The van der Waals surface area contributed by atoms with Crippen molar-refractivity contribution in [2.75, 3.05) is 25.1 Å². The number of piperidine rings is 1. The Morgan fingerprint density at radius 2 is 2.24 bits per heavy atom. The van der Waals surface area contributed by atoms with Gasteiger partial charge >= 0.3 is 0 Å². The van der Waals surface area contributed by atoms with Crippen LogP contribution >= 0.6 is 0 Å². The first-order chi connectivity index (χ1) is 10.4. The minimum absolute atomic E-state index is 0.526. The Balaban J connectivity index is 1.62. The number of para-hydroxylation sites is 2. The molecule has 0 saturated carbocycles. The molecule has 2 aromatic rings. The van der Waals surface area contributed by atoms with E-state index < -0.39 is 0 Å². The number of rotatable bonds is 5. The first-order valence-electron chi connectivity index (χ1n) is 7.60.